The van der Waals surface area contributed by atoms with E-state index in [1.165, 1.54) is 12.1 Å². The van der Waals surface area contributed by atoms with E-state index >= 15 is 0 Å². The van der Waals surface area contributed by atoms with E-state index in [0.717, 1.165) is 19.2 Å². The monoisotopic (exact) mass is 252 g/mol. The summed E-state index contributed by atoms with van der Waals surface area (Å²) in [7, 11) is -2.20. The molecule has 0 fully saturated rings. The van der Waals surface area contributed by atoms with Crippen molar-refractivity contribution in [3.05, 3.63) is 29.8 Å². The highest BCUT2D eigenvalue weighted by molar-refractivity contribution is 7.86. The van der Waals surface area contributed by atoms with Crippen LogP contribution in [-0.4, -0.2) is 22.8 Å². The summed E-state index contributed by atoms with van der Waals surface area (Å²) in [5.41, 5.74) is -5.25. The van der Waals surface area contributed by atoms with Gasteiger partial charge in [-0.1, -0.05) is 12.1 Å². The predicted octanol–water partition coefficient (Wildman–Crippen LogP) is 2.10. The topological polar surface area (TPSA) is 43.4 Å². The Hall–Kier alpha value is -1.37. The number of carbonyl (C=O) groups excluding carboxylic acids is 1. The lowest BCUT2D eigenvalue weighted by atomic mass is 10.2. The number of rotatable bonds is 2. The molecule has 1 aromatic carbocycles. The first-order chi connectivity index (χ1) is 7.38. The van der Waals surface area contributed by atoms with E-state index in [-0.39, 0.29) is 5.56 Å². The van der Waals surface area contributed by atoms with Crippen molar-refractivity contribution in [1.82, 2.24) is 0 Å². The molecule has 0 aliphatic heterocycles. The molecule has 1 unspecified atom stereocenters. The van der Waals surface area contributed by atoms with Gasteiger partial charge in [0, 0.05) is 0 Å². The number of esters is 1. The summed E-state index contributed by atoms with van der Waals surface area (Å²) in [5.74, 6) is -0.951. The smallest absolute Gasteiger partial charge is 0.465 e. The van der Waals surface area contributed by atoms with Gasteiger partial charge in [0.25, 0.3) is 0 Å². The maximum absolute atomic E-state index is 12.2. The van der Waals surface area contributed by atoms with Gasteiger partial charge in [-0.15, -0.1) is 0 Å². The SMILES string of the molecule is COC(=O)c1ccccc1S(=O)C(F)(F)F. The number of carbonyl (C=O) groups is 1. The molecule has 1 rings (SSSR count). The van der Waals surface area contributed by atoms with Gasteiger partial charge < -0.3 is 4.74 Å². The van der Waals surface area contributed by atoms with E-state index in [2.05, 4.69) is 4.74 Å². The van der Waals surface area contributed by atoms with Gasteiger partial charge in [-0.2, -0.15) is 13.2 Å². The maximum atomic E-state index is 12.2. The van der Waals surface area contributed by atoms with Gasteiger partial charge in [-0.3, -0.25) is 0 Å². The summed E-state index contributed by atoms with van der Waals surface area (Å²) in [4.78, 5) is 10.5. The minimum Gasteiger partial charge on any atom is -0.465 e. The molecule has 0 aliphatic rings. The highest BCUT2D eigenvalue weighted by Gasteiger charge is 2.39. The fourth-order valence-electron chi connectivity index (χ4n) is 1.03. The molecule has 0 heterocycles. The van der Waals surface area contributed by atoms with Crippen LogP contribution in [0.3, 0.4) is 0 Å². The summed E-state index contributed by atoms with van der Waals surface area (Å²) >= 11 is 0. The lowest BCUT2D eigenvalue weighted by Gasteiger charge is -2.09. The fraction of sp³-hybridized carbons (Fsp3) is 0.222. The van der Waals surface area contributed by atoms with Crippen LogP contribution >= 0.6 is 0 Å². The summed E-state index contributed by atoms with van der Waals surface area (Å²) in [6.45, 7) is 0. The Morgan fingerprint density at radius 2 is 1.88 bits per heavy atom. The zero-order chi connectivity index (χ0) is 12.3. The van der Waals surface area contributed by atoms with Crippen molar-refractivity contribution in [2.75, 3.05) is 7.11 Å². The second kappa shape index (κ2) is 4.65. The summed E-state index contributed by atoms with van der Waals surface area (Å²) < 4.78 is 52.1. The van der Waals surface area contributed by atoms with Crippen LogP contribution in [0, 0.1) is 0 Å². The fourth-order valence-corrected chi connectivity index (χ4v) is 1.83. The number of hydrogen-bond donors (Lipinski definition) is 0. The van der Waals surface area contributed by atoms with Crippen LogP contribution in [0.2, 0.25) is 0 Å². The molecule has 7 heteroatoms. The Balaban J connectivity index is 3.24. The van der Waals surface area contributed by atoms with Crippen LogP contribution in [0.4, 0.5) is 13.2 Å². The minimum absolute atomic E-state index is 0.347. The van der Waals surface area contributed by atoms with Crippen LogP contribution in [0.1, 0.15) is 10.4 Å². The van der Waals surface area contributed by atoms with Gasteiger partial charge in [0.1, 0.15) is 0 Å². The lowest BCUT2D eigenvalue weighted by Crippen LogP contribution is -2.19. The molecule has 0 bridgehead atoms. The Bertz CT molecular complexity index is 428. The molecule has 0 aromatic heterocycles. The van der Waals surface area contributed by atoms with Crippen LogP contribution in [0.5, 0.6) is 0 Å². The summed E-state index contributed by atoms with van der Waals surface area (Å²) in [6.07, 6.45) is 0. The third-order valence-corrected chi connectivity index (χ3v) is 2.88. The van der Waals surface area contributed by atoms with Gasteiger partial charge in [0.05, 0.1) is 17.6 Å². The average Bonchev–Trinajstić information content (AvgIpc) is 2.25. The van der Waals surface area contributed by atoms with Crippen molar-refractivity contribution in [3.8, 4) is 0 Å². The standard InChI is InChI=1S/C9H7F3O3S/c1-15-8(13)6-4-2-3-5-7(6)16(14)9(10,11)12/h2-5H,1H3. The number of halogens is 3. The molecule has 0 saturated heterocycles. The third-order valence-electron chi connectivity index (χ3n) is 1.70. The molecular weight excluding hydrogens is 245 g/mol. The number of benzene rings is 1. The van der Waals surface area contributed by atoms with Gasteiger partial charge in [-0.25, -0.2) is 9.00 Å². The van der Waals surface area contributed by atoms with Gasteiger partial charge in [-0.05, 0) is 12.1 Å². The number of ether oxygens (including phenoxy) is 1. The van der Waals surface area contributed by atoms with Gasteiger partial charge in [0.15, 0.2) is 10.8 Å². The number of alkyl halides is 3. The van der Waals surface area contributed by atoms with Crippen LogP contribution in [0.25, 0.3) is 0 Å². The van der Waals surface area contributed by atoms with Crippen LogP contribution < -0.4 is 0 Å². The van der Waals surface area contributed by atoms with Crippen molar-refractivity contribution in [2.45, 2.75) is 10.4 Å². The average molecular weight is 252 g/mol. The quantitative estimate of drug-likeness (QED) is 0.757. The molecule has 0 N–H and O–H groups in total. The molecule has 88 valence electrons. The first-order valence-corrected chi connectivity index (χ1v) is 5.19. The molecule has 3 nitrogen and oxygen atoms in total. The second-order valence-electron chi connectivity index (χ2n) is 2.70. The van der Waals surface area contributed by atoms with Crippen LogP contribution in [-0.2, 0) is 15.5 Å². The lowest BCUT2D eigenvalue weighted by molar-refractivity contribution is -0.0384. The second-order valence-corrected chi connectivity index (χ2v) is 4.14. The number of hydrogen-bond acceptors (Lipinski definition) is 3. The van der Waals surface area contributed by atoms with E-state index in [1.54, 1.807) is 0 Å². The first kappa shape index (κ1) is 12.7. The van der Waals surface area contributed by atoms with E-state index in [4.69, 9.17) is 0 Å². The molecule has 0 amide bonds. The molecule has 0 radical (unpaired) electrons. The van der Waals surface area contributed by atoms with E-state index < -0.39 is 27.2 Å². The number of methoxy groups -OCH3 is 1. The van der Waals surface area contributed by atoms with Crippen molar-refractivity contribution in [3.63, 3.8) is 0 Å². The Kier molecular flexibility index (Phi) is 3.69. The van der Waals surface area contributed by atoms with E-state index in [1.807, 2.05) is 0 Å². The van der Waals surface area contributed by atoms with Gasteiger partial charge >= 0.3 is 11.5 Å². The molecule has 0 spiro atoms. The molecule has 1 atom stereocenters. The zero-order valence-electron chi connectivity index (χ0n) is 8.08. The molecule has 0 aliphatic carbocycles. The van der Waals surface area contributed by atoms with E-state index in [9.17, 15) is 22.2 Å². The van der Waals surface area contributed by atoms with E-state index in [0.29, 0.717) is 0 Å². The van der Waals surface area contributed by atoms with Crippen molar-refractivity contribution < 1.29 is 26.9 Å². The molecule has 16 heavy (non-hydrogen) atoms. The minimum atomic E-state index is -4.90. The molecule has 0 saturated carbocycles. The Morgan fingerprint density at radius 3 is 2.38 bits per heavy atom. The normalized spacial score (nSPS) is 13.2. The maximum Gasteiger partial charge on any atom is 0.475 e. The third kappa shape index (κ3) is 2.60. The highest BCUT2D eigenvalue weighted by atomic mass is 32.2. The largest absolute Gasteiger partial charge is 0.475 e. The van der Waals surface area contributed by atoms with Crippen LogP contribution in [0.15, 0.2) is 29.2 Å². The first-order valence-electron chi connectivity index (χ1n) is 4.04. The highest BCUT2D eigenvalue weighted by Crippen LogP contribution is 2.28. The molecular formula is C9H7F3O3S. The predicted molar refractivity (Wildman–Crippen MR) is 50.2 cm³/mol. The summed E-state index contributed by atoms with van der Waals surface area (Å²) in [5, 5.41) is 0. The Labute approximate surface area is 91.7 Å². The summed E-state index contributed by atoms with van der Waals surface area (Å²) in [6, 6.07) is 4.75. The Morgan fingerprint density at radius 1 is 1.31 bits per heavy atom. The van der Waals surface area contributed by atoms with Gasteiger partial charge in [0.2, 0.25) is 0 Å². The zero-order valence-corrected chi connectivity index (χ0v) is 8.89. The van der Waals surface area contributed by atoms with Crippen molar-refractivity contribution in [1.29, 1.82) is 0 Å². The van der Waals surface area contributed by atoms with Crippen molar-refractivity contribution in [2.24, 2.45) is 0 Å². The molecule has 1 aromatic rings. The van der Waals surface area contributed by atoms with Crippen molar-refractivity contribution >= 4 is 16.8 Å².